The third-order valence-electron chi connectivity index (χ3n) is 6.72. The molecule has 0 bridgehead atoms. The van der Waals surface area contributed by atoms with E-state index in [1.807, 2.05) is 19.1 Å². The van der Waals surface area contributed by atoms with E-state index in [9.17, 15) is 14.7 Å². The molecule has 2 atom stereocenters. The summed E-state index contributed by atoms with van der Waals surface area (Å²) in [5.74, 6) is 0.695. The number of rotatable bonds is 7. The van der Waals surface area contributed by atoms with Crippen LogP contribution in [-0.2, 0) is 16.0 Å². The molecule has 0 radical (unpaired) electrons. The Morgan fingerprint density at radius 1 is 1.05 bits per heavy atom. The predicted molar refractivity (Wildman–Crippen MR) is 145 cm³/mol. The second-order valence-corrected chi connectivity index (χ2v) is 10.1. The average Bonchev–Trinajstić information content (AvgIpc) is 3.42. The summed E-state index contributed by atoms with van der Waals surface area (Å²) < 4.78 is 17.0. The predicted octanol–water partition coefficient (Wildman–Crippen LogP) is 5.68. The molecule has 1 saturated heterocycles. The van der Waals surface area contributed by atoms with Gasteiger partial charge in [-0.1, -0.05) is 26.0 Å². The zero-order chi connectivity index (χ0) is 27.0. The fourth-order valence-corrected chi connectivity index (χ4v) is 4.92. The molecule has 2 heterocycles. The van der Waals surface area contributed by atoms with Gasteiger partial charge >= 0.3 is 0 Å². The van der Waals surface area contributed by atoms with Crippen molar-refractivity contribution in [2.75, 3.05) is 18.6 Å². The van der Waals surface area contributed by atoms with Crippen LogP contribution in [0.15, 0.2) is 72.3 Å². The zero-order valence-electron chi connectivity index (χ0n) is 21.9. The highest BCUT2D eigenvalue weighted by molar-refractivity contribution is 6.51. The Kier molecular flexibility index (Phi) is 6.85. The van der Waals surface area contributed by atoms with Crippen LogP contribution in [0.1, 0.15) is 43.5 Å². The summed E-state index contributed by atoms with van der Waals surface area (Å²) >= 11 is 0. The number of aliphatic hydroxyl groups is 1. The molecule has 2 unspecified atom stereocenters. The lowest BCUT2D eigenvalue weighted by Gasteiger charge is -2.26. The highest BCUT2D eigenvalue weighted by atomic mass is 16.5. The lowest BCUT2D eigenvalue weighted by atomic mass is 9.94. The molecule has 196 valence electrons. The Balaban J connectivity index is 1.61. The Morgan fingerprint density at radius 3 is 2.53 bits per heavy atom. The van der Waals surface area contributed by atoms with Crippen LogP contribution in [0, 0.1) is 5.92 Å². The van der Waals surface area contributed by atoms with E-state index in [1.165, 1.54) is 4.90 Å². The third kappa shape index (κ3) is 4.72. The average molecular weight is 514 g/mol. The molecule has 0 spiro atoms. The standard InChI is InChI=1S/C31H31NO6/c1-18(2)17-37-24-11-9-23(10-12-24)32-28(20-6-5-7-25(16-20)36-4)27(30(34)31(32)35)29(33)21-8-13-26-22(15-21)14-19(3)38-26/h5-13,15-16,18-19,28,33H,14,17H2,1-4H3/b29-27-. The van der Waals surface area contributed by atoms with Gasteiger partial charge in [-0.2, -0.15) is 0 Å². The summed E-state index contributed by atoms with van der Waals surface area (Å²) in [4.78, 5) is 28.4. The van der Waals surface area contributed by atoms with E-state index in [1.54, 1.807) is 61.7 Å². The van der Waals surface area contributed by atoms with E-state index < -0.39 is 17.7 Å². The molecule has 0 saturated carbocycles. The molecule has 3 aromatic carbocycles. The van der Waals surface area contributed by atoms with Gasteiger partial charge in [0.15, 0.2) is 0 Å². The summed E-state index contributed by atoms with van der Waals surface area (Å²) in [6.07, 6.45) is 0.743. The fourth-order valence-electron chi connectivity index (χ4n) is 4.92. The van der Waals surface area contributed by atoms with Crippen LogP contribution < -0.4 is 19.1 Å². The second kappa shape index (κ2) is 10.2. The second-order valence-electron chi connectivity index (χ2n) is 10.1. The molecule has 2 aliphatic rings. The largest absolute Gasteiger partial charge is 0.507 e. The van der Waals surface area contributed by atoms with Crippen molar-refractivity contribution in [1.29, 1.82) is 0 Å². The molecule has 5 rings (SSSR count). The number of fused-ring (bicyclic) bond motifs is 1. The number of anilines is 1. The number of aliphatic hydroxyl groups excluding tert-OH is 1. The number of amides is 1. The van der Waals surface area contributed by atoms with Gasteiger partial charge < -0.3 is 19.3 Å². The first-order valence-electron chi connectivity index (χ1n) is 12.7. The van der Waals surface area contributed by atoms with Gasteiger partial charge in [0, 0.05) is 17.7 Å². The lowest BCUT2D eigenvalue weighted by molar-refractivity contribution is -0.132. The lowest BCUT2D eigenvalue weighted by Crippen LogP contribution is -2.29. The van der Waals surface area contributed by atoms with Gasteiger partial charge in [0.1, 0.15) is 29.1 Å². The quantitative estimate of drug-likeness (QED) is 0.249. The maximum atomic E-state index is 13.5. The minimum Gasteiger partial charge on any atom is -0.507 e. The normalized spacial score (nSPS) is 20.0. The molecule has 7 heteroatoms. The number of nitrogens with zero attached hydrogens (tertiary/aromatic N) is 1. The first kappa shape index (κ1) is 25.4. The third-order valence-corrected chi connectivity index (χ3v) is 6.72. The number of Topliss-reactive ketones (excluding diaryl/α,β-unsaturated/α-hetero) is 1. The maximum Gasteiger partial charge on any atom is 0.300 e. The Labute approximate surface area is 222 Å². The molecule has 3 aromatic rings. The molecular formula is C31H31NO6. The molecule has 1 amide bonds. The number of ether oxygens (including phenoxy) is 3. The Morgan fingerprint density at radius 2 is 1.82 bits per heavy atom. The number of hydrogen-bond donors (Lipinski definition) is 1. The number of carbonyl (C=O) groups excluding carboxylic acids is 2. The molecule has 0 aromatic heterocycles. The van der Waals surface area contributed by atoms with Crippen molar-refractivity contribution in [2.24, 2.45) is 5.92 Å². The van der Waals surface area contributed by atoms with Gasteiger partial charge in [-0.25, -0.2) is 0 Å². The van der Waals surface area contributed by atoms with Crippen LogP contribution in [-0.4, -0.2) is 36.6 Å². The van der Waals surface area contributed by atoms with Crippen molar-refractivity contribution in [3.8, 4) is 17.2 Å². The van der Waals surface area contributed by atoms with E-state index in [2.05, 4.69) is 13.8 Å². The molecule has 0 aliphatic carbocycles. The van der Waals surface area contributed by atoms with E-state index >= 15 is 0 Å². The molecule has 7 nitrogen and oxygen atoms in total. The number of ketones is 1. The van der Waals surface area contributed by atoms with Crippen molar-refractivity contribution in [1.82, 2.24) is 0 Å². The fraction of sp³-hybridized carbons (Fsp3) is 0.290. The molecule has 1 fully saturated rings. The monoisotopic (exact) mass is 513 g/mol. The van der Waals surface area contributed by atoms with Gasteiger partial charge in [-0.15, -0.1) is 0 Å². The van der Waals surface area contributed by atoms with Crippen molar-refractivity contribution in [3.05, 3.63) is 89.0 Å². The minimum absolute atomic E-state index is 0.0234. The van der Waals surface area contributed by atoms with Crippen molar-refractivity contribution in [3.63, 3.8) is 0 Å². The number of carbonyl (C=O) groups is 2. The number of hydrogen-bond acceptors (Lipinski definition) is 6. The smallest absolute Gasteiger partial charge is 0.300 e. The molecule has 2 aliphatic heterocycles. The Bertz CT molecular complexity index is 1410. The van der Waals surface area contributed by atoms with E-state index in [0.717, 1.165) is 11.3 Å². The number of benzene rings is 3. The van der Waals surface area contributed by atoms with Crippen LogP contribution in [0.5, 0.6) is 17.2 Å². The topological polar surface area (TPSA) is 85.3 Å². The molecule has 1 N–H and O–H groups in total. The Hall–Kier alpha value is -4.26. The van der Waals surface area contributed by atoms with Crippen LogP contribution in [0.2, 0.25) is 0 Å². The zero-order valence-corrected chi connectivity index (χ0v) is 21.9. The first-order chi connectivity index (χ1) is 18.3. The maximum absolute atomic E-state index is 13.5. The van der Waals surface area contributed by atoms with Crippen molar-refractivity contribution >= 4 is 23.1 Å². The van der Waals surface area contributed by atoms with Crippen LogP contribution >= 0.6 is 0 Å². The van der Waals surface area contributed by atoms with Gasteiger partial charge in [0.05, 0.1) is 25.3 Å². The van der Waals surface area contributed by atoms with Crippen LogP contribution in [0.4, 0.5) is 5.69 Å². The van der Waals surface area contributed by atoms with Gasteiger partial charge in [0.2, 0.25) is 0 Å². The van der Waals surface area contributed by atoms with E-state index in [4.69, 9.17) is 14.2 Å². The number of methoxy groups -OCH3 is 1. The SMILES string of the molecule is COc1cccc(C2/C(=C(/O)c3ccc4c(c3)CC(C)O4)C(=O)C(=O)N2c2ccc(OCC(C)C)cc2)c1. The van der Waals surface area contributed by atoms with E-state index in [-0.39, 0.29) is 17.4 Å². The summed E-state index contributed by atoms with van der Waals surface area (Å²) in [7, 11) is 1.56. The summed E-state index contributed by atoms with van der Waals surface area (Å²) in [6, 6.07) is 18.7. The van der Waals surface area contributed by atoms with Gasteiger partial charge in [-0.3, -0.25) is 14.5 Å². The summed E-state index contributed by atoms with van der Waals surface area (Å²) in [5, 5.41) is 11.5. The summed E-state index contributed by atoms with van der Waals surface area (Å²) in [5.41, 5.74) is 2.60. The highest BCUT2D eigenvalue weighted by Crippen LogP contribution is 2.43. The minimum atomic E-state index is -0.851. The van der Waals surface area contributed by atoms with Crippen molar-refractivity contribution in [2.45, 2.75) is 39.3 Å². The first-order valence-corrected chi connectivity index (χ1v) is 12.7. The van der Waals surface area contributed by atoms with E-state index in [0.29, 0.717) is 47.3 Å². The molecule has 38 heavy (non-hydrogen) atoms. The van der Waals surface area contributed by atoms with Gasteiger partial charge in [-0.05, 0) is 78.6 Å². The summed E-state index contributed by atoms with van der Waals surface area (Å²) in [6.45, 7) is 6.68. The molecular weight excluding hydrogens is 482 g/mol. The van der Waals surface area contributed by atoms with Gasteiger partial charge in [0.25, 0.3) is 11.7 Å². The highest BCUT2D eigenvalue weighted by Gasteiger charge is 2.47. The van der Waals surface area contributed by atoms with Crippen molar-refractivity contribution < 1.29 is 28.9 Å². The van der Waals surface area contributed by atoms with Crippen LogP contribution in [0.3, 0.4) is 0 Å². The van der Waals surface area contributed by atoms with Crippen LogP contribution in [0.25, 0.3) is 5.76 Å².